The minimum absolute atomic E-state index is 0.0143. The molecule has 1 aromatic carbocycles. The van der Waals surface area contributed by atoms with Crippen LogP contribution in [0.25, 0.3) is 0 Å². The van der Waals surface area contributed by atoms with Crippen LogP contribution in [0.3, 0.4) is 0 Å². The summed E-state index contributed by atoms with van der Waals surface area (Å²) in [5.74, 6) is -1.29. The van der Waals surface area contributed by atoms with Crippen LogP contribution < -0.4 is 0 Å². The van der Waals surface area contributed by atoms with Gasteiger partial charge in [-0.2, -0.15) is 13.5 Å². The van der Waals surface area contributed by atoms with E-state index in [2.05, 4.69) is 11.7 Å². The van der Waals surface area contributed by atoms with Gasteiger partial charge in [0, 0.05) is 5.71 Å². The fraction of sp³-hybridized carbons (Fsp3) is 0.286. The van der Waals surface area contributed by atoms with Crippen LogP contribution in [-0.4, -0.2) is 24.5 Å². The Labute approximate surface area is 149 Å². The Kier molecular flexibility index (Phi) is 5.11. The summed E-state index contributed by atoms with van der Waals surface area (Å²) in [7, 11) is -4.27. The minimum Gasteiger partial charge on any atom is -0.271 e. The summed E-state index contributed by atoms with van der Waals surface area (Å²) in [6, 6.07) is 2.31. The van der Waals surface area contributed by atoms with Crippen molar-refractivity contribution in [1.82, 2.24) is 4.41 Å². The van der Waals surface area contributed by atoms with Gasteiger partial charge >= 0.3 is 0 Å². The molecule has 9 heteroatoms. The molecule has 0 bridgehead atoms. The van der Waals surface area contributed by atoms with Gasteiger partial charge in [0.05, 0.1) is 21.0 Å². The van der Waals surface area contributed by atoms with Crippen LogP contribution in [0.4, 0.5) is 0 Å². The molecule has 0 saturated heterocycles. The van der Waals surface area contributed by atoms with E-state index in [4.69, 9.17) is 34.8 Å². The van der Waals surface area contributed by atoms with Gasteiger partial charge in [-0.1, -0.05) is 40.4 Å². The first-order valence-electron chi connectivity index (χ1n) is 6.49. The number of hydrazone groups is 1. The van der Waals surface area contributed by atoms with Crippen LogP contribution >= 0.6 is 34.8 Å². The summed E-state index contributed by atoms with van der Waals surface area (Å²) in [5.41, 5.74) is 1.16. The number of hydrogen-bond acceptors (Lipinski definition) is 4. The van der Waals surface area contributed by atoms with E-state index in [0.717, 1.165) is 11.6 Å². The van der Waals surface area contributed by atoms with Crippen molar-refractivity contribution in [2.45, 2.75) is 25.2 Å². The minimum atomic E-state index is -4.27. The van der Waals surface area contributed by atoms with Crippen LogP contribution in [-0.2, 0) is 14.8 Å². The fourth-order valence-electron chi connectivity index (χ4n) is 2.13. The molecule has 0 saturated carbocycles. The highest BCUT2D eigenvalue weighted by Gasteiger charge is 2.41. The molecule has 1 aliphatic heterocycles. The number of nitrogens with zero attached hydrogens (tertiary/aromatic N) is 2. The van der Waals surface area contributed by atoms with Gasteiger partial charge in [0.2, 0.25) is 0 Å². The molecule has 1 amide bonds. The topological polar surface area (TPSA) is 66.8 Å². The SMILES string of the molecule is C=C(C)CC1C(=O)N(S(=O)(=O)c2cc(Cl)c(Cl)cc2Cl)N=C1C. The number of allylic oxidation sites excluding steroid dienone is 1. The lowest BCUT2D eigenvalue weighted by atomic mass is 9.97. The van der Waals surface area contributed by atoms with Crippen molar-refractivity contribution in [1.29, 1.82) is 0 Å². The third-order valence-electron chi connectivity index (χ3n) is 3.27. The quantitative estimate of drug-likeness (QED) is 0.568. The van der Waals surface area contributed by atoms with Crippen LogP contribution in [0.1, 0.15) is 20.3 Å². The fourth-order valence-corrected chi connectivity index (χ4v) is 4.39. The maximum Gasteiger partial charge on any atom is 0.287 e. The Morgan fingerprint density at radius 2 is 1.83 bits per heavy atom. The molecule has 1 aliphatic rings. The van der Waals surface area contributed by atoms with E-state index < -0.39 is 21.8 Å². The molecule has 5 nitrogen and oxygen atoms in total. The highest BCUT2D eigenvalue weighted by atomic mass is 35.5. The number of carbonyl (C=O) groups is 1. The molecule has 1 heterocycles. The summed E-state index contributed by atoms with van der Waals surface area (Å²) in [6.45, 7) is 7.09. The van der Waals surface area contributed by atoms with E-state index in [1.54, 1.807) is 13.8 Å². The van der Waals surface area contributed by atoms with Gasteiger partial charge in [-0.05, 0) is 32.4 Å². The highest BCUT2D eigenvalue weighted by Crippen LogP contribution is 2.35. The molecular weight excluding hydrogens is 383 g/mol. The summed E-state index contributed by atoms with van der Waals surface area (Å²) >= 11 is 17.6. The summed E-state index contributed by atoms with van der Waals surface area (Å²) in [5, 5.41) is 3.87. The first-order valence-corrected chi connectivity index (χ1v) is 9.06. The molecule has 0 spiro atoms. The monoisotopic (exact) mass is 394 g/mol. The van der Waals surface area contributed by atoms with E-state index in [1.807, 2.05) is 0 Å². The summed E-state index contributed by atoms with van der Waals surface area (Å²) < 4.78 is 25.9. The van der Waals surface area contributed by atoms with Crippen molar-refractivity contribution >= 4 is 56.4 Å². The summed E-state index contributed by atoms with van der Waals surface area (Å²) in [6.07, 6.45) is 0.329. The molecule has 0 aliphatic carbocycles. The van der Waals surface area contributed by atoms with Crippen molar-refractivity contribution in [3.63, 3.8) is 0 Å². The van der Waals surface area contributed by atoms with Gasteiger partial charge in [0.1, 0.15) is 4.90 Å². The molecule has 0 fully saturated rings. The second-order valence-electron chi connectivity index (χ2n) is 5.24. The van der Waals surface area contributed by atoms with Crippen molar-refractivity contribution in [2.24, 2.45) is 11.0 Å². The zero-order chi connectivity index (χ0) is 17.5. The first-order chi connectivity index (χ1) is 10.6. The smallest absolute Gasteiger partial charge is 0.271 e. The molecular formula is C14H13Cl3N2O3S. The molecule has 0 aromatic heterocycles. The van der Waals surface area contributed by atoms with Crippen molar-refractivity contribution in [3.05, 3.63) is 39.4 Å². The predicted octanol–water partition coefficient (Wildman–Crippen LogP) is 4.14. The molecule has 124 valence electrons. The van der Waals surface area contributed by atoms with Gasteiger partial charge in [-0.15, -0.1) is 11.0 Å². The predicted molar refractivity (Wildman–Crippen MR) is 91.5 cm³/mol. The third-order valence-corrected chi connectivity index (χ3v) is 6.03. The summed E-state index contributed by atoms with van der Waals surface area (Å²) in [4.78, 5) is 12.1. The second-order valence-corrected chi connectivity index (χ2v) is 8.20. The zero-order valence-corrected chi connectivity index (χ0v) is 15.4. The lowest BCUT2D eigenvalue weighted by molar-refractivity contribution is -0.127. The van der Waals surface area contributed by atoms with Crippen molar-refractivity contribution in [2.75, 3.05) is 0 Å². The number of amides is 1. The van der Waals surface area contributed by atoms with Crippen molar-refractivity contribution in [3.8, 4) is 0 Å². The third kappa shape index (κ3) is 3.40. The standard InChI is InChI=1S/C14H13Cl3N2O3S/c1-7(2)4-9-8(3)18-19(14(9)20)23(21,22)13-6-11(16)10(15)5-12(13)17/h5-6,9H,1,4H2,2-3H3. The van der Waals surface area contributed by atoms with Gasteiger partial charge in [-0.25, -0.2) is 0 Å². The highest BCUT2D eigenvalue weighted by molar-refractivity contribution is 7.89. The number of halogens is 3. The Balaban J connectivity index is 2.48. The van der Waals surface area contributed by atoms with Gasteiger partial charge in [0.25, 0.3) is 15.9 Å². The number of benzene rings is 1. The molecule has 1 atom stereocenters. The van der Waals surface area contributed by atoms with Crippen molar-refractivity contribution < 1.29 is 13.2 Å². The molecule has 0 N–H and O–H groups in total. The van der Waals surface area contributed by atoms with Crippen LogP contribution in [0.5, 0.6) is 0 Å². The largest absolute Gasteiger partial charge is 0.287 e. The van der Waals surface area contributed by atoms with Crippen LogP contribution in [0.2, 0.25) is 15.1 Å². The van der Waals surface area contributed by atoms with Gasteiger partial charge in [-0.3, -0.25) is 4.79 Å². The number of rotatable bonds is 4. The lowest BCUT2D eigenvalue weighted by Gasteiger charge is -2.16. The molecule has 23 heavy (non-hydrogen) atoms. The molecule has 1 unspecified atom stereocenters. The number of hydrogen-bond donors (Lipinski definition) is 0. The second kappa shape index (κ2) is 6.43. The molecule has 0 radical (unpaired) electrons. The average Bonchev–Trinajstić information content (AvgIpc) is 2.71. The van der Waals surface area contributed by atoms with E-state index in [0.29, 0.717) is 16.5 Å². The van der Waals surface area contributed by atoms with Gasteiger partial charge < -0.3 is 0 Å². The normalized spacial score (nSPS) is 18.3. The maximum absolute atomic E-state index is 12.7. The number of sulfonamides is 1. The Hall–Kier alpha value is -1.08. The lowest BCUT2D eigenvalue weighted by Crippen LogP contribution is -2.32. The van der Waals surface area contributed by atoms with Crippen LogP contribution in [0.15, 0.2) is 34.3 Å². The van der Waals surface area contributed by atoms with Crippen LogP contribution in [0, 0.1) is 5.92 Å². The van der Waals surface area contributed by atoms with E-state index >= 15 is 0 Å². The Bertz CT molecular complexity index is 834. The molecule has 2 rings (SSSR count). The number of carbonyl (C=O) groups excluding carboxylic acids is 1. The Morgan fingerprint density at radius 1 is 1.26 bits per heavy atom. The maximum atomic E-state index is 12.7. The van der Waals surface area contributed by atoms with E-state index in [-0.39, 0.29) is 20.0 Å². The first kappa shape index (κ1) is 18.3. The molecule has 1 aromatic rings. The average molecular weight is 396 g/mol. The van der Waals surface area contributed by atoms with E-state index in [9.17, 15) is 13.2 Å². The zero-order valence-electron chi connectivity index (χ0n) is 12.3. The Morgan fingerprint density at radius 3 is 2.39 bits per heavy atom. The van der Waals surface area contributed by atoms with E-state index in [1.165, 1.54) is 6.07 Å². The van der Waals surface area contributed by atoms with Gasteiger partial charge in [0.15, 0.2) is 0 Å².